The van der Waals surface area contributed by atoms with Gasteiger partial charge in [-0.3, -0.25) is 0 Å². The van der Waals surface area contributed by atoms with Gasteiger partial charge in [-0.15, -0.1) is 10.2 Å². The fraction of sp³-hybridized carbons (Fsp3) is 0.407. The molecule has 0 saturated heterocycles. The van der Waals surface area contributed by atoms with Gasteiger partial charge in [0.25, 0.3) is 0 Å². The van der Waals surface area contributed by atoms with Crippen LogP contribution in [0, 0.1) is 0 Å². The Hall–Kier alpha value is -2.62. The van der Waals surface area contributed by atoms with E-state index in [0.717, 1.165) is 61.3 Å². The summed E-state index contributed by atoms with van der Waals surface area (Å²) in [6.45, 7) is 4.69. The van der Waals surface area contributed by atoms with E-state index in [4.69, 9.17) is 0 Å². The van der Waals surface area contributed by atoms with Gasteiger partial charge in [-0.1, -0.05) is 43.0 Å². The number of rotatable bonds is 8. The molecule has 0 atom stereocenters. The van der Waals surface area contributed by atoms with Gasteiger partial charge in [-0.25, -0.2) is 8.42 Å². The number of thioether (sulfide) groups is 1. The third-order valence-electron chi connectivity index (χ3n) is 7.18. The van der Waals surface area contributed by atoms with E-state index in [0.29, 0.717) is 4.90 Å². The molecule has 9 heteroatoms. The molecule has 2 aromatic heterocycles. The fourth-order valence-corrected chi connectivity index (χ4v) is 6.72. The third kappa shape index (κ3) is 4.96. The Morgan fingerprint density at radius 1 is 0.944 bits per heavy atom. The Balaban J connectivity index is 1.16. The molecular weight excluding hydrogens is 490 g/mol. The standard InChI is InChI=1S/C27H33N5O2S2/c1-4-36(33,34)23-11-10-20-12-15-32(16-13-21(20)18-23)14-7-17-35-27-29-28-26(31(27)3)25-19-22-8-5-6-9-24(22)30(25)2/h5-6,8-11,18-19H,4,7,12-17H2,1-3H3. The Kier molecular flexibility index (Phi) is 7.23. The zero-order valence-electron chi connectivity index (χ0n) is 21.1. The Bertz CT molecular complexity index is 1490. The molecule has 0 saturated carbocycles. The third-order valence-corrected chi connectivity index (χ3v) is 10.0. The first-order valence-electron chi connectivity index (χ1n) is 12.5. The van der Waals surface area contributed by atoms with Gasteiger partial charge in [0.15, 0.2) is 20.8 Å². The van der Waals surface area contributed by atoms with Crippen LogP contribution in [0.15, 0.2) is 58.6 Å². The molecule has 0 radical (unpaired) electrons. The van der Waals surface area contributed by atoms with Crippen molar-refractivity contribution < 1.29 is 8.42 Å². The average Bonchev–Trinajstić information content (AvgIpc) is 3.33. The van der Waals surface area contributed by atoms with Gasteiger partial charge in [0, 0.05) is 43.8 Å². The molecule has 0 N–H and O–H groups in total. The number of sulfone groups is 1. The quantitative estimate of drug-likeness (QED) is 0.253. The predicted octanol–water partition coefficient (Wildman–Crippen LogP) is 4.35. The van der Waals surface area contributed by atoms with Crippen molar-refractivity contribution in [3.63, 3.8) is 0 Å². The molecule has 0 unspecified atom stereocenters. The lowest BCUT2D eigenvalue weighted by Crippen LogP contribution is -2.27. The van der Waals surface area contributed by atoms with E-state index < -0.39 is 9.84 Å². The molecule has 2 aromatic carbocycles. The van der Waals surface area contributed by atoms with Gasteiger partial charge in [0.2, 0.25) is 0 Å². The van der Waals surface area contributed by atoms with Crippen LogP contribution in [-0.4, -0.2) is 63.8 Å². The number of hydrogen-bond donors (Lipinski definition) is 0. The smallest absolute Gasteiger partial charge is 0.191 e. The van der Waals surface area contributed by atoms with Crippen molar-refractivity contribution >= 4 is 32.5 Å². The molecule has 0 fully saturated rings. The highest BCUT2D eigenvalue weighted by molar-refractivity contribution is 7.99. The fourth-order valence-electron chi connectivity index (χ4n) is 4.95. The van der Waals surface area contributed by atoms with E-state index in [2.05, 4.69) is 61.6 Å². The molecule has 190 valence electrons. The second-order valence-electron chi connectivity index (χ2n) is 9.39. The van der Waals surface area contributed by atoms with Crippen LogP contribution in [0.4, 0.5) is 0 Å². The molecule has 36 heavy (non-hydrogen) atoms. The number of nitrogens with zero attached hydrogens (tertiary/aromatic N) is 5. The van der Waals surface area contributed by atoms with Gasteiger partial charge in [0.1, 0.15) is 0 Å². The van der Waals surface area contributed by atoms with Crippen LogP contribution >= 0.6 is 11.8 Å². The van der Waals surface area contributed by atoms with Crippen molar-refractivity contribution in [2.24, 2.45) is 14.1 Å². The number of para-hydroxylation sites is 1. The summed E-state index contributed by atoms with van der Waals surface area (Å²) in [7, 11) is 0.947. The first-order chi connectivity index (χ1) is 17.4. The summed E-state index contributed by atoms with van der Waals surface area (Å²) >= 11 is 1.75. The Labute approximate surface area is 217 Å². The number of hydrogen-bond acceptors (Lipinski definition) is 6. The minimum Gasteiger partial charge on any atom is -0.341 e. The van der Waals surface area contributed by atoms with Crippen molar-refractivity contribution in [2.75, 3.05) is 31.1 Å². The molecule has 0 amide bonds. The minimum absolute atomic E-state index is 0.143. The van der Waals surface area contributed by atoms with Crippen LogP contribution in [0.3, 0.4) is 0 Å². The van der Waals surface area contributed by atoms with E-state index in [1.165, 1.54) is 22.0 Å². The maximum absolute atomic E-state index is 12.3. The van der Waals surface area contributed by atoms with E-state index in [1.807, 2.05) is 19.2 Å². The Morgan fingerprint density at radius 3 is 2.50 bits per heavy atom. The lowest BCUT2D eigenvalue weighted by Gasteiger charge is -2.19. The van der Waals surface area contributed by atoms with E-state index in [1.54, 1.807) is 24.8 Å². The number of aromatic nitrogens is 4. The molecule has 4 aromatic rings. The highest BCUT2D eigenvalue weighted by Gasteiger charge is 2.19. The van der Waals surface area contributed by atoms with Crippen LogP contribution in [-0.2, 0) is 36.8 Å². The minimum atomic E-state index is -3.16. The molecule has 0 spiro atoms. The molecule has 5 rings (SSSR count). The SMILES string of the molecule is CCS(=O)(=O)c1ccc2c(c1)CCN(CCCSc1nnc(-c3cc4ccccc4n3C)n1C)CC2. The maximum atomic E-state index is 12.3. The lowest BCUT2D eigenvalue weighted by molar-refractivity contribution is 0.289. The highest BCUT2D eigenvalue weighted by atomic mass is 32.2. The summed E-state index contributed by atoms with van der Waals surface area (Å²) in [5.41, 5.74) is 4.72. The van der Waals surface area contributed by atoms with Crippen LogP contribution < -0.4 is 0 Å². The average molecular weight is 524 g/mol. The number of aryl methyl sites for hydroxylation is 1. The molecule has 0 aliphatic carbocycles. The molecule has 1 aliphatic rings. The van der Waals surface area contributed by atoms with E-state index >= 15 is 0 Å². The largest absolute Gasteiger partial charge is 0.341 e. The van der Waals surface area contributed by atoms with Crippen LogP contribution in [0.2, 0.25) is 0 Å². The molecule has 0 bridgehead atoms. The zero-order chi connectivity index (χ0) is 25.3. The van der Waals surface area contributed by atoms with Crippen molar-refractivity contribution in [3.05, 3.63) is 59.7 Å². The van der Waals surface area contributed by atoms with E-state index in [-0.39, 0.29) is 5.75 Å². The first kappa shape index (κ1) is 25.0. The summed E-state index contributed by atoms with van der Waals surface area (Å²) < 4.78 is 28.8. The summed E-state index contributed by atoms with van der Waals surface area (Å²) in [5, 5.41) is 11.1. The van der Waals surface area contributed by atoms with Crippen LogP contribution in [0.5, 0.6) is 0 Å². The van der Waals surface area contributed by atoms with Crippen LogP contribution in [0.25, 0.3) is 22.4 Å². The van der Waals surface area contributed by atoms with Crippen molar-refractivity contribution in [2.45, 2.75) is 36.2 Å². The van der Waals surface area contributed by atoms with Gasteiger partial charge in [-0.2, -0.15) is 0 Å². The van der Waals surface area contributed by atoms with Gasteiger partial charge < -0.3 is 14.0 Å². The number of fused-ring (bicyclic) bond motifs is 2. The molecular formula is C27H33N5O2S2. The van der Waals surface area contributed by atoms with E-state index in [9.17, 15) is 8.42 Å². The summed E-state index contributed by atoms with van der Waals surface area (Å²) in [4.78, 5) is 2.95. The first-order valence-corrected chi connectivity index (χ1v) is 15.1. The predicted molar refractivity (Wildman–Crippen MR) is 146 cm³/mol. The number of benzene rings is 2. The maximum Gasteiger partial charge on any atom is 0.191 e. The summed E-state index contributed by atoms with van der Waals surface area (Å²) in [6.07, 6.45) is 2.92. The van der Waals surface area contributed by atoms with Crippen LogP contribution in [0.1, 0.15) is 24.5 Å². The van der Waals surface area contributed by atoms with Gasteiger partial charge in [0.05, 0.1) is 16.3 Å². The summed E-state index contributed by atoms with van der Waals surface area (Å²) in [5.74, 6) is 2.00. The lowest BCUT2D eigenvalue weighted by atomic mass is 10.0. The Morgan fingerprint density at radius 2 is 1.72 bits per heavy atom. The summed E-state index contributed by atoms with van der Waals surface area (Å²) in [6, 6.07) is 16.2. The normalized spacial score (nSPS) is 14.8. The van der Waals surface area contributed by atoms with Gasteiger partial charge >= 0.3 is 0 Å². The van der Waals surface area contributed by atoms with Gasteiger partial charge in [-0.05, 0) is 61.2 Å². The van der Waals surface area contributed by atoms with Crippen molar-refractivity contribution in [3.8, 4) is 11.5 Å². The second-order valence-corrected chi connectivity index (χ2v) is 12.7. The highest BCUT2D eigenvalue weighted by Crippen LogP contribution is 2.28. The second kappa shape index (κ2) is 10.4. The molecule has 1 aliphatic heterocycles. The van der Waals surface area contributed by atoms with Crippen molar-refractivity contribution in [1.82, 2.24) is 24.2 Å². The molecule has 7 nitrogen and oxygen atoms in total. The monoisotopic (exact) mass is 523 g/mol. The zero-order valence-corrected chi connectivity index (χ0v) is 22.8. The van der Waals surface area contributed by atoms with Crippen molar-refractivity contribution in [1.29, 1.82) is 0 Å². The topological polar surface area (TPSA) is 73.0 Å². The molecule has 3 heterocycles.